The number of hydrogen-bond acceptors (Lipinski definition) is 5. The summed E-state index contributed by atoms with van der Waals surface area (Å²) in [5.74, 6) is 1.17. The predicted octanol–water partition coefficient (Wildman–Crippen LogP) is 5.17. The van der Waals surface area contributed by atoms with Crippen LogP contribution in [-0.4, -0.2) is 43.3 Å². The van der Waals surface area contributed by atoms with Crippen LogP contribution in [0.4, 0.5) is 0 Å². The number of carbonyl (C=O) groups is 1. The minimum Gasteiger partial charge on any atom is -0.497 e. The Balaban J connectivity index is 1.61. The Morgan fingerprint density at radius 3 is 2.21 bits per heavy atom. The third-order valence-corrected chi connectivity index (χ3v) is 6.42. The number of aliphatic carboxylic acids is 1. The van der Waals surface area contributed by atoms with E-state index in [2.05, 4.69) is 23.1 Å². The van der Waals surface area contributed by atoms with Crippen molar-refractivity contribution in [2.24, 2.45) is 5.92 Å². The summed E-state index contributed by atoms with van der Waals surface area (Å²) < 4.78 is 17.1. The quantitative estimate of drug-likeness (QED) is 0.474. The SMILES string of the molecule is COc1ccc(C(c2ccc(OCc3ccccc3)c(OC)c2)N2CCC(C(=O)O)CC2)cc1. The van der Waals surface area contributed by atoms with Crippen LogP contribution < -0.4 is 14.2 Å². The van der Waals surface area contributed by atoms with Gasteiger partial charge in [0.05, 0.1) is 26.2 Å². The molecule has 1 atom stereocenters. The smallest absolute Gasteiger partial charge is 0.306 e. The number of carboxylic acids is 1. The number of methoxy groups -OCH3 is 2. The first kappa shape index (κ1) is 23.6. The van der Waals surface area contributed by atoms with Gasteiger partial charge in [0, 0.05) is 0 Å². The van der Waals surface area contributed by atoms with E-state index in [0.717, 1.165) is 22.4 Å². The molecule has 3 aromatic rings. The van der Waals surface area contributed by atoms with Crippen molar-refractivity contribution < 1.29 is 24.1 Å². The molecule has 1 saturated heterocycles. The van der Waals surface area contributed by atoms with Gasteiger partial charge in [0.2, 0.25) is 0 Å². The van der Waals surface area contributed by atoms with Gasteiger partial charge in [0.15, 0.2) is 11.5 Å². The molecule has 1 unspecified atom stereocenters. The first-order chi connectivity index (χ1) is 16.6. The van der Waals surface area contributed by atoms with Crippen molar-refractivity contribution in [3.63, 3.8) is 0 Å². The largest absolute Gasteiger partial charge is 0.497 e. The highest BCUT2D eigenvalue weighted by molar-refractivity contribution is 5.70. The number of hydrogen-bond donors (Lipinski definition) is 1. The Bertz CT molecular complexity index is 1080. The Labute approximate surface area is 200 Å². The predicted molar refractivity (Wildman–Crippen MR) is 131 cm³/mol. The molecule has 6 heteroatoms. The molecule has 6 nitrogen and oxygen atoms in total. The first-order valence-corrected chi connectivity index (χ1v) is 11.5. The molecule has 0 saturated carbocycles. The van der Waals surface area contributed by atoms with Crippen LogP contribution in [0.5, 0.6) is 17.2 Å². The lowest BCUT2D eigenvalue weighted by Gasteiger charge is -2.37. The van der Waals surface area contributed by atoms with Gasteiger partial charge in [-0.05, 0) is 66.9 Å². The van der Waals surface area contributed by atoms with Gasteiger partial charge in [-0.2, -0.15) is 0 Å². The van der Waals surface area contributed by atoms with E-state index in [1.165, 1.54) is 0 Å². The van der Waals surface area contributed by atoms with E-state index in [0.29, 0.717) is 44.0 Å². The third-order valence-electron chi connectivity index (χ3n) is 6.42. The lowest BCUT2D eigenvalue weighted by molar-refractivity contribution is -0.143. The zero-order chi connectivity index (χ0) is 23.9. The Hall–Kier alpha value is -3.51. The summed E-state index contributed by atoms with van der Waals surface area (Å²) >= 11 is 0. The number of rotatable bonds is 9. The van der Waals surface area contributed by atoms with Gasteiger partial charge < -0.3 is 19.3 Å². The normalized spacial score (nSPS) is 15.5. The number of ether oxygens (including phenoxy) is 3. The van der Waals surface area contributed by atoms with Crippen LogP contribution >= 0.6 is 0 Å². The van der Waals surface area contributed by atoms with Crippen LogP contribution in [0.3, 0.4) is 0 Å². The molecular formula is C28H31NO5. The summed E-state index contributed by atoms with van der Waals surface area (Å²) in [6.07, 6.45) is 1.27. The fraction of sp³-hybridized carbons (Fsp3) is 0.321. The fourth-order valence-electron chi connectivity index (χ4n) is 4.51. The molecule has 178 valence electrons. The minimum absolute atomic E-state index is 0.0299. The fourth-order valence-corrected chi connectivity index (χ4v) is 4.51. The molecule has 4 rings (SSSR count). The van der Waals surface area contributed by atoms with Crippen LogP contribution in [0.1, 0.15) is 35.6 Å². The van der Waals surface area contributed by atoms with Gasteiger partial charge in [-0.1, -0.05) is 48.5 Å². The molecule has 0 radical (unpaired) electrons. The van der Waals surface area contributed by atoms with Crippen LogP contribution in [0.15, 0.2) is 72.8 Å². The van der Waals surface area contributed by atoms with Crippen molar-refractivity contribution >= 4 is 5.97 Å². The summed E-state index contributed by atoms with van der Waals surface area (Å²) in [7, 11) is 3.30. The Kier molecular flexibility index (Phi) is 7.70. The summed E-state index contributed by atoms with van der Waals surface area (Å²) in [5, 5.41) is 9.42. The lowest BCUT2D eigenvalue weighted by atomic mass is 9.91. The average Bonchev–Trinajstić information content (AvgIpc) is 2.89. The molecule has 1 aliphatic heterocycles. The van der Waals surface area contributed by atoms with Gasteiger partial charge in [-0.15, -0.1) is 0 Å². The molecule has 1 N–H and O–H groups in total. The summed E-state index contributed by atoms with van der Waals surface area (Å²) in [6, 6.07) is 24.1. The maximum absolute atomic E-state index is 11.5. The molecular weight excluding hydrogens is 430 g/mol. The second-order valence-electron chi connectivity index (χ2n) is 8.51. The topological polar surface area (TPSA) is 68.2 Å². The van der Waals surface area contributed by atoms with E-state index in [1.54, 1.807) is 14.2 Å². The first-order valence-electron chi connectivity index (χ1n) is 11.5. The van der Waals surface area contributed by atoms with Gasteiger partial charge >= 0.3 is 5.97 Å². The second-order valence-corrected chi connectivity index (χ2v) is 8.51. The molecule has 0 spiro atoms. The van der Waals surface area contributed by atoms with E-state index < -0.39 is 5.97 Å². The van der Waals surface area contributed by atoms with Crippen LogP contribution in [0, 0.1) is 5.92 Å². The maximum atomic E-state index is 11.5. The monoisotopic (exact) mass is 461 g/mol. The number of carboxylic acid groups (broad SMARTS) is 1. The van der Waals surface area contributed by atoms with Crippen molar-refractivity contribution in [3.05, 3.63) is 89.5 Å². The molecule has 0 bridgehead atoms. The van der Waals surface area contributed by atoms with Crippen molar-refractivity contribution in [3.8, 4) is 17.2 Å². The summed E-state index contributed by atoms with van der Waals surface area (Å²) in [6.45, 7) is 1.88. The standard InChI is InChI=1S/C28H31NO5/c1-32-24-11-8-21(9-12-24)27(29-16-14-22(15-17-29)28(30)31)23-10-13-25(26(18-23)33-2)34-19-20-6-4-3-5-7-20/h3-13,18,22,27H,14-17,19H2,1-2H3,(H,30,31). The van der Waals surface area contributed by atoms with E-state index in [9.17, 15) is 9.90 Å². The summed E-state index contributed by atoms with van der Waals surface area (Å²) in [4.78, 5) is 13.8. The second kappa shape index (κ2) is 11.1. The number of likely N-dealkylation sites (tertiary alicyclic amines) is 1. The molecule has 1 fully saturated rings. The summed E-state index contributed by atoms with van der Waals surface area (Å²) in [5.41, 5.74) is 3.28. The number of piperidine rings is 1. The lowest BCUT2D eigenvalue weighted by Crippen LogP contribution is -2.39. The highest BCUT2D eigenvalue weighted by Gasteiger charge is 2.30. The van der Waals surface area contributed by atoms with Gasteiger partial charge in [0.1, 0.15) is 12.4 Å². The molecule has 34 heavy (non-hydrogen) atoms. The molecule has 0 aromatic heterocycles. The van der Waals surface area contributed by atoms with Crippen LogP contribution in [0.2, 0.25) is 0 Å². The number of benzene rings is 3. The maximum Gasteiger partial charge on any atom is 0.306 e. The van der Waals surface area contributed by atoms with Crippen LogP contribution in [0.25, 0.3) is 0 Å². The van der Waals surface area contributed by atoms with Crippen LogP contribution in [-0.2, 0) is 11.4 Å². The number of nitrogens with zero attached hydrogens (tertiary/aromatic N) is 1. The molecule has 1 heterocycles. The zero-order valence-corrected chi connectivity index (χ0v) is 19.6. The van der Waals surface area contributed by atoms with Crippen molar-refractivity contribution in [2.45, 2.75) is 25.5 Å². The molecule has 3 aromatic carbocycles. The zero-order valence-electron chi connectivity index (χ0n) is 19.6. The molecule has 0 aliphatic carbocycles. The minimum atomic E-state index is -0.706. The van der Waals surface area contributed by atoms with Gasteiger partial charge in [-0.3, -0.25) is 9.69 Å². The van der Waals surface area contributed by atoms with E-state index >= 15 is 0 Å². The highest BCUT2D eigenvalue weighted by atomic mass is 16.5. The average molecular weight is 462 g/mol. The van der Waals surface area contributed by atoms with E-state index in [-0.39, 0.29) is 12.0 Å². The van der Waals surface area contributed by atoms with Crippen molar-refractivity contribution in [1.82, 2.24) is 4.90 Å². The molecule has 0 amide bonds. The third kappa shape index (κ3) is 5.51. The Morgan fingerprint density at radius 2 is 1.59 bits per heavy atom. The molecule has 1 aliphatic rings. The van der Waals surface area contributed by atoms with Crippen molar-refractivity contribution in [1.29, 1.82) is 0 Å². The highest BCUT2D eigenvalue weighted by Crippen LogP contribution is 2.38. The van der Waals surface area contributed by atoms with Gasteiger partial charge in [-0.25, -0.2) is 0 Å². The Morgan fingerprint density at radius 1 is 0.912 bits per heavy atom. The van der Waals surface area contributed by atoms with E-state index in [1.807, 2.05) is 54.6 Å². The van der Waals surface area contributed by atoms with E-state index in [4.69, 9.17) is 14.2 Å². The van der Waals surface area contributed by atoms with Crippen molar-refractivity contribution in [2.75, 3.05) is 27.3 Å². The van der Waals surface area contributed by atoms with Gasteiger partial charge in [0.25, 0.3) is 0 Å².